The summed E-state index contributed by atoms with van der Waals surface area (Å²) in [5.74, 6) is 0. The molecule has 0 saturated heterocycles. The summed E-state index contributed by atoms with van der Waals surface area (Å²) in [7, 11) is 0. The van der Waals surface area contributed by atoms with Crippen LogP contribution < -0.4 is 50.9 Å². The molecule has 0 saturated carbocycles. The van der Waals surface area contributed by atoms with Gasteiger partial charge >= 0.3 is 0 Å². The molecule has 4 heteroatoms. The maximum Gasteiger partial charge on any atom is 0 e. The van der Waals surface area contributed by atoms with Crippen molar-refractivity contribution in [3.63, 3.8) is 0 Å². The molecule has 0 aromatic rings. The third kappa shape index (κ3) is 8.82. The van der Waals surface area contributed by atoms with Crippen molar-refractivity contribution in [2.24, 2.45) is 0 Å². The number of hydrogen-bond acceptors (Lipinski definition) is 0. The predicted molar refractivity (Wildman–Crippen MR) is 0 cm³/mol. The summed E-state index contributed by atoms with van der Waals surface area (Å²) < 4.78 is 0. The Kier molecular flexibility index (Phi) is 143. The maximum absolute atomic E-state index is 0. The maximum atomic E-state index is 0. The first-order valence-electron chi connectivity index (χ1n) is 0. The number of halogens is 3. The van der Waals surface area contributed by atoms with Gasteiger partial charge in [-0.05, 0) is 0 Å². The summed E-state index contributed by atoms with van der Waals surface area (Å²) >= 11 is 0. The van der Waals surface area contributed by atoms with Crippen molar-refractivity contribution < 1.29 is 80.9 Å². The summed E-state index contributed by atoms with van der Waals surface area (Å²) in [6.07, 6.45) is 0. The van der Waals surface area contributed by atoms with Gasteiger partial charge in [0.25, 0.3) is 0 Å². The molecule has 0 rings (SSSR count). The molecule has 0 nitrogen and oxygen atoms in total. The van der Waals surface area contributed by atoms with Gasteiger partial charge in [-0.2, -0.15) is 0 Å². The molecule has 0 fully saturated rings. The van der Waals surface area contributed by atoms with Crippen LogP contribution in [0, 0.1) is 29.9 Å². The Balaban J connectivity index is 0. The third-order valence-electron chi connectivity index (χ3n) is 0. The van der Waals surface area contributed by atoms with Crippen molar-refractivity contribution in [1.29, 1.82) is 0 Å². The van der Waals surface area contributed by atoms with Crippen molar-refractivity contribution in [2.75, 3.05) is 0 Å². The largest absolute Gasteiger partial charge is 1.00 e. The van der Waals surface area contributed by atoms with E-state index in [4.69, 9.17) is 0 Å². The van der Waals surface area contributed by atoms with E-state index in [1.54, 1.807) is 0 Å². The van der Waals surface area contributed by atoms with Crippen molar-refractivity contribution in [3.8, 4) is 0 Å². The van der Waals surface area contributed by atoms with E-state index in [0.29, 0.717) is 0 Å². The van der Waals surface area contributed by atoms with Gasteiger partial charge in [0.1, 0.15) is 0 Å². The molecule has 0 bridgehead atoms. The predicted octanol–water partition coefficient (Wildman–Crippen LogP) is -8.99. The smallest absolute Gasteiger partial charge is 0 e. The number of hydrogen-bond donors (Lipinski definition) is 0. The van der Waals surface area contributed by atoms with Crippen molar-refractivity contribution >= 4 is 0 Å². The Hall–Kier alpha value is 2.45. The zero-order valence-electron chi connectivity index (χ0n) is 1.58. The molecule has 0 aromatic heterocycles. The van der Waals surface area contributed by atoms with Crippen LogP contribution in [-0.4, -0.2) is 0 Å². The molecule has 0 heterocycles. The van der Waals surface area contributed by atoms with Crippen LogP contribution in [0.15, 0.2) is 0 Å². The van der Waals surface area contributed by atoms with E-state index in [0.717, 1.165) is 0 Å². The van der Waals surface area contributed by atoms with E-state index in [1.807, 2.05) is 0 Å². The first-order valence-corrected chi connectivity index (χ1v) is 0. The van der Waals surface area contributed by atoms with Gasteiger partial charge < -0.3 is 50.9 Å². The SMILES string of the molecule is [Br-].[Br-].[Br-].[Np]. The average molecular weight is 477 g/mol. The molecular weight excluding hydrogens is 477 g/mol. The zero-order valence-corrected chi connectivity index (χ0v) is 10.1. The van der Waals surface area contributed by atoms with E-state index in [9.17, 15) is 0 Å². The molecule has 0 unspecified atom stereocenters. The minimum atomic E-state index is 0. The Morgan fingerprint density at radius 2 is 0.500 bits per heavy atom. The first-order chi connectivity index (χ1) is 0. The van der Waals surface area contributed by atoms with Gasteiger partial charge in [-0.25, -0.2) is 0 Å². The van der Waals surface area contributed by atoms with Crippen LogP contribution >= 0.6 is 0 Å². The first kappa shape index (κ1) is 31.9. The van der Waals surface area contributed by atoms with Gasteiger partial charge in [0.15, 0.2) is 0 Å². The van der Waals surface area contributed by atoms with Crippen LogP contribution in [0.5, 0.6) is 0 Å². The van der Waals surface area contributed by atoms with Gasteiger partial charge in [-0.1, -0.05) is 0 Å². The average Bonchev–Trinajstić information content (AvgIpc) is 0. The standard InChI is InChI=1S/3BrH.Np/h3*1H;/p-3. The molecule has 1 radical (unpaired) electrons. The molecule has 4 heavy (non-hydrogen) atoms. The molecule has 0 aliphatic heterocycles. The van der Waals surface area contributed by atoms with Crippen LogP contribution in [-0.2, 0) is 0 Å². The van der Waals surface area contributed by atoms with Gasteiger partial charge in [0.2, 0.25) is 0 Å². The van der Waals surface area contributed by atoms with Crippen molar-refractivity contribution in [2.45, 2.75) is 0 Å². The molecular formula is Br3Np-3. The molecule has 0 spiro atoms. The fraction of sp³-hybridized carbons (Fsp3) is 0. The summed E-state index contributed by atoms with van der Waals surface area (Å²) in [6.45, 7) is 0. The van der Waals surface area contributed by atoms with E-state index in [-0.39, 0.29) is 80.9 Å². The molecule has 0 N–H and O–H groups in total. The molecule has 29 valence electrons. The normalized spacial score (nSPS) is 0. The quantitative estimate of drug-likeness (QED) is 0.326. The van der Waals surface area contributed by atoms with Crippen molar-refractivity contribution in [3.05, 3.63) is 0 Å². The van der Waals surface area contributed by atoms with E-state index in [2.05, 4.69) is 0 Å². The Labute approximate surface area is 79.7 Å². The van der Waals surface area contributed by atoms with E-state index in [1.165, 1.54) is 0 Å². The summed E-state index contributed by atoms with van der Waals surface area (Å²) in [6, 6.07) is 0. The fourth-order valence-electron chi connectivity index (χ4n) is 0. The minimum absolute atomic E-state index is 0. The Morgan fingerprint density at radius 1 is 0.500 bits per heavy atom. The van der Waals surface area contributed by atoms with Crippen LogP contribution in [0.3, 0.4) is 0 Å². The second-order valence-electron chi connectivity index (χ2n) is 0. The van der Waals surface area contributed by atoms with Crippen LogP contribution in [0.1, 0.15) is 0 Å². The van der Waals surface area contributed by atoms with Crippen molar-refractivity contribution in [1.82, 2.24) is 0 Å². The second kappa shape index (κ2) is 18.0. The molecule has 0 aromatic carbocycles. The molecule has 0 aliphatic carbocycles. The summed E-state index contributed by atoms with van der Waals surface area (Å²) in [5.41, 5.74) is 0. The van der Waals surface area contributed by atoms with E-state index >= 15 is 0 Å². The molecule has 0 amide bonds. The van der Waals surface area contributed by atoms with Crippen LogP contribution in [0.25, 0.3) is 0 Å². The van der Waals surface area contributed by atoms with Gasteiger partial charge in [0.05, 0.1) is 0 Å². The topological polar surface area (TPSA) is 0 Å². The molecule has 0 atom stereocenters. The van der Waals surface area contributed by atoms with Gasteiger partial charge in [-0.3, -0.25) is 0 Å². The van der Waals surface area contributed by atoms with Gasteiger partial charge in [-0.15, -0.1) is 0 Å². The zero-order chi connectivity index (χ0) is 0. The summed E-state index contributed by atoms with van der Waals surface area (Å²) in [4.78, 5) is 0. The second-order valence-corrected chi connectivity index (χ2v) is 0. The summed E-state index contributed by atoms with van der Waals surface area (Å²) in [5, 5.41) is 0. The van der Waals surface area contributed by atoms with Crippen LogP contribution in [0.2, 0.25) is 0 Å². The molecule has 0 aliphatic rings. The fourth-order valence-corrected chi connectivity index (χ4v) is 0. The minimum Gasteiger partial charge on any atom is -1.00 e. The Bertz CT molecular complexity index is 3.25. The monoisotopic (exact) mass is 473 g/mol. The van der Waals surface area contributed by atoms with Gasteiger partial charge in [0, 0.05) is 29.9 Å². The Morgan fingerprint density at radius 3 is 0.500 bits per heavy atom. The van der Waals surface area contributed by atoms with Crippen LogP contribution in [0.4, 0.5) is 0 Å². The van der Waals surface area contributed by atoms with E-state index < -0.39 is 0 Å². The number of rotatable bonds is 0. The third-order valence-corrected chi connectivity index (χ3v) is 0.